The zero-order chi connectivity index (χ0) is 20.0. The molecule has 150 valence electrons. The predicted molar refractivity (Wildman–Crippen MR) is 112 cm³/mol. The Bertz CT molecular complexity index is 922. The molecule has 0 spiro atoms. The zero-order valence-corrected chi connectivity index (χ0v) is 17.0. The number of hydrogen-bond donors (Lipinski definition) is 2. The molecule has 0 aromatic heterocycles. The largest absolute Gasteiger partial charge is 0.348 e. The van der Waals surface area contributed by atoms with Crippen molar-refractivity contribution in [3.63, 3.8) is 0 Å². The average molecular weight is 402 g/mol. The van der Waals surface area contributed by atoms with Crippen LogP contribution in [0.15, 0.2) is 48.5 Å². The minimum Gasteiger partial charge on any atom is -0.348 e. The highest BCUT2D eigenvalue weighted by atomic mass is 32.2. The first kappa shape index (κ1) is 20.4. The van der Waals surface area contributed by atoms with E-state index in [0.29, 0.717) is 17.8 Å². The Morgan fingerprint density at radius 1 is 1.00 bits per heavy atom. The first-order valence-electron chi connectivity index (χ1n) is 9.56. The van der Waals surface area contributed by atoms with Gasteiger partial charge in [0.25, 0.3) is 5.91 Å². The van der Waals surface area contributed by atoms with Gasteiger partial charge in [-0.2, -0.15) is 0 Å². The second-order valence-corrected chi connectivity index (χ2v) is 8.99. The number of anilines is 1. The zero-order valence-electron chi connectivity index (χ0n) is 16.1. The molecule has 1 aliphatic heterocycles. The average Bonchev–Trinajstić information content (AvgIpc) is 2.67. The van der Waals surface area contributed by atoms with Gasteiger partial charge in [-0.05, 0) is 55.3 Å². The number of nitrogens with zero attached hydrogens (tertiary/aromatic N) is 1. The van der Waals surface area contributed by atoms with Crippen LogP contribution in [-0.4, -0.2) is 38.6 Å². The lowest BCUT2D eigenvalue weighted by Crippen LogP contribution is -2.30. The summed E-state index contributed by atoms with van der Waals surface area (Å²) in [6.45, 7) is 3.59. The molecule has 1 fully saturated rings. The lowest BCUT2D eigenvalue weighted by molar-refractivity contribution is 0.0950. The molecule has 0 unspecified atom stereocenters. The molecule has 2 aromatic rings. The Morgan fingerprint density at radius 2 is 1.71 bits per heavy atom. The number of piperidine rings is 1. The summed E-state index contributed by atoms with van der Waals surface area (Å²) in [7, 11) is -3.38. The van der Waals surface area contributed by atoms with Crippen LogP contribution in [0, 0.1) is 0 Å². The predicted octanol–water partition coefficient (Wildman–Crippen LogP) is 2.97. The Morgan fingerprint density at radius 3 is 2.43 bits per heavy atom. The van der Waals surface area contributed by atoms with Gasteiger partial charge in [-0.25, -0.2) is 8.42 Å². The van der Waals surface area contributed by atoms with Gasteiger partial charge in [0.2, 0.25) is 10.0 Å². The van der Waals surface area contributed by atoms with E-state index < -0.39 is 10.0 Å². The van der Waals surface area contributed by atoms with Crippen molar-refractivity contribution in [2.75, 3.05) is 24.1 Å². The van der Waals surface area contributed by atoms with Gasteiger partial charge in [0.15, 0.2) is 0 Å². The van der Waals surface area contributed by atoms with Crippen molar-refractivity contribution in [2.45, 2.75) is 32.4 Å². The van der Waals surface area contributed by atoms with E-state index in [2.05, 4.69) is 21.0 Å². The number of carbonyl (C=O) groups is 1. The van der Waals surface area contributed by atoms with Crippen LogP contribution < -0.4 is 10.0 Å². The summed E-state index contributed by atoms with van der Waals surface area (Å²) in [6.07, 6.45) is 4.88. The smallest absolute Gasteiger partial charge is 0.251 e. The number of hydrogen-bond acceptors (Lipinski definition) is 4. The van der Waals surface area contributed by atoms with Crippen molar-refractivity contribution in [1.82, 2.24) is 10.2 Å². The number of sulfonamides is 1. The monoisotopic (exact) mass is 401 g/mol. The number of nitrogens with one attached hydrogen (secondary N) is 2. The maximum Gasteiger partial charge on any atom is 0.251 e. The number of rotatable bonds is 7. The van der Waals surface area contributed by atoms with E-state index in [4.69, 9.17) is 0 Å². The van der Waals surface area contributed by atoms with E-state index in [9.17, 15) is 13.2 Å². The van der Waals surface area contributed by atoms with Gasteiger partial charge in [-0.15, -0.1) is 0 Å². The summed E-state index contributed by atoms with van der Waals surface area (Å²) in [5.74, 6) is -0.232. The minimum atomic E-state index is -3.38. The van der Waals surface area contributed by atoms with Gasteiger partial charge < -0.3 is 5.32 Å². The standard InChI is InChI=1S/C21H27N3O3S/c1-28(26,27)23-20-11-7-10-17(14-20)21(25)22-15-18-8-3-4-9-19(18)16-24-12-5-2-6-13-24/h3-4,7-11,14,23H,2,5-6,12-13,15-16H2,1H3,(H,22,25). The second-order valence-electron chi connectivity index (χ2n) is 7.24. The highest BCUT2D eigenvalue weighted by Crippen LogP contribution is 2.17. The fourth-order valence-corrected chi connectivity index (χ4v) is 4.01. The third kappa shape index (κ3) is 6.07. The maximum atomic E-state index is 12.5. The normalized spacial score (nSPS) is 15.2. The van der Waals surface area contributed by atoms with Crippen molar-refractivity contribution in [3.8, 4) is 0 Å². The molecule has 2 N–H and O–H groups in total. The Labute approximate surface area is 167 Å². The van der Waals surface area contributed by atoms with Crippen LogP contribution in [0.3, 0.4) is 0 Å². The molecular formula is C21H27N3O3S. The van der Waals surface area contributed by atoms with Gasteiger partial charge in [0, 0.05) is 24.3 Å². The van der Waals surface area contributed by atoms with Gasteiger partial charge in [-0.3, -0.25) is 14.4 Å². The molecule has 0 saturated carbocycles. The van der Waals surface area contributed by atoms with Gasteiger partial charge in [0.05, 0.1) is 6.26 Å². The van der Waals surface area contributed by atoms with E-state index in [1.165, 1.54) is 30.9 Å². The highest BCUT2D eigenvalue weighted by Gasteiger charge is 2.13. The van der Waals surface area contributed by atoms with Crippen molar-refractivity contribution in [3.05, 3.63) is 65.2 Å². The molecule has 2 aromatic carbocycles. The van der Waals surface area contributed by atoms with Crippen molar-refractivity contribution < 1.29 is 13.2 Å². The van der Waals surface area contributed by atoms with Crippen molar-refractivity contribution >= 4 is 21.6 Å². The summed E-state index contributed by atoms with van der Waals surface area (Å²) >= 11 is 0. The lowest BCUT2D eigenvalue weighted by Gasteiger charge is -2.27. The summed E-state index contributed by atoms with van der Waals surface area (Å²) in [4.78, 5) is 15.0. The molecule has 28 heavy (non-hydrogen) atoms. The van der Waals surface area contributed by atoms with E-state index in [1.54, 1.807) is 18.2 Å². The molecule has 0 radical (unpaired) electrons. The Kier molecular flexibility index (Phi) is 6.70. The Hall–Kier alpha value is -2.38. The number of likely N-dealkylation sites (tertiary alicyclic amines) is 1. The molecule has 0 atom stereocenters. The van der Waals surface area contributed by atoms with Crippen LogP contribution in [0.4, 0.5) is 5.69 Å². The number of benzene rings is 2. The third-order valence-corrected chi connectivity index (χ3v) is 5.43. The molecule has 1 aliphatic rings. The van der Waals surface area contributed by atoms with Crippen molar-refractivity contribution in [2.24, 2.45) is 0 Å². The molecule has 1 saturated heterocycles. The number of carbonyl (C=O) groups excluding carboxylic acids is 1. The molecule has 6 nitrogen and oxygen atoms in total. The van der Waals surface area contributed by atoms with Crippen LogP contribution in [0.25, 0.3) is 0 Å². The lowest BCUT2D eigenvalue weighted by atomic mass is 10.0. The van der Waals surface area contributed by atoms with Crippen LogP contribution >= 0.6 is 0 Å². The highest BCUT2D eigenvalue weighted by molar-refractivity contribution is 7.92. The van der Waals surface area contributed by atoms with Crippen molar-refractivity contribution in [1.29, 1.82) is 0 Å². The summed E-state index contributed by atoms with van der Waals surface area (Å²) in [5, 5.41) is 2.95. The molecule has 0 bridgehead atoms. The molecular weight excluding hydrogens is 374 g/mol. The van der Waals surface area contributed by atoms with E-state index in [1.807, 2.05) is 18.2 Å². The van der Waals surface area contributed by atoms with Gasteiger partial charge >= 0.3 is 0 Å². The first-order valence-corrected chi connectivity index (χ1v) is 11.4. The molecule has 7 heteroatoms. The van der Waals surface area contributed by atoms with Crippen LogP contribution in [-0.2, 0) is 23.1 Å². The minimum absolute atomic E-state index is 0.232. The summed E-state index contributed by atoms with van der Waals surface area (Å²) in [5.41, 5.74) is 3.13. The fraction of sp³-hybridized carbons (Fsp3) is 0.381. The van der Waals surface area contributed by atoms with E-state index in [0.717, 1.165) is 31.5 Å². The molecule has 1 heterocycles. The van der Waals surface area contributed by atoms with Crippen LogP contribution in [0.2, 0.25) is 0 Å². The summed E-state index contributed by atoms with van der Waals surface area (Å²) < 4.78 is 25.1. The van der Waals surface area contributed by atoms with E-state index >= 15 is 0 Å². The first-order chi connectivity index (χ1) is 13.4. The molecule has 3 rings (SSSR count). The second kappa shape index (κ2) is 9.21. The van der Waals surface area contributed by atoms with Gasteiger partial charge in [0.1, 0.15) is 0 Å². The Balaban J connectivity index is 1.64. The summed E-state index contributed by atoms with van der Waals surface area (Å²) in [6, 6.07) is 14.7. The fourth-order valence-electron chi connectivity index (χ4n) is 3.46. The van der Waals surface area contributed by atoms with E-state index in [-0.39, 0.29) is 5.91 Å². The van der Waals surface area contributed by atoms with Crippen LogP contribution in [0.1, 0.15) is 40.7 Å². The topological polar surface area (TPSA) is 78.5 Å². The van der Waals surface area contributed by atoms with Gasteiger partial charge in [-0.1, -0.05) is 36.8 Å². The maximum absolute atomic E-state index is 12.5. The number of amides is 1. The molecule has 0 aliphatic carbocycles. The van der Waals surface area contributed by atoms with Crippen LogP contribution in [0.5, 0.6) is 0 Å². The third-order valence-electron chi connectivity index (χ3n) is 4.83. The SMILES string of the molecule is CS(=O)(=O)Nc1cccc(C(=O)NCc2ccccc2CN2CCCCC2)c1. The quantitative estimate of drug-likeness (QED) is 0.748. The molecule has 1 amide bonds.